The topological polar surface area (TPSA) is 76.9 Å². The molecule has 0 aliphatic rings. The van der Waals surface area contributed by atoms with Crippen LogP contribution >= 0.6 is 11.6 Å². The van der Waals surface area contributed by atoms with Crippen molar-refractivity contribution >= 4 is 23.3 Å². The van der Waals surface area contributed by atoms with E-state index in [2.05, 4.69) is 15.4 Å². The monoisotopic (exact) mass is 292 g/mol. The highest BCUT2D eigenvalue weighted by molar-refractivity contribution is 6.30. The molecule has 0 spiro atoms. The Morgan fingerprint density at radius 3 is 2.80 bits per heavy atom. The largest absolute Gasteiger partial charge is 0.305 e. The average Bonchev–Trinajstić information content (AvgIpc) is 2.44. The molecule has 0 aliphatic carbocycles. The molecule has 7 heteroatoms. The van der Waals surface area contributed by atoms with Gasteiger partial charge in [-0.3, -0.25) is 9.59 Å². The maximum atomic E-state index is 12.0. The van der Waals surface area contributed by atoms with Crippen LogP contribution in [0.2, 0.25) is 5.02 Å². The molecule has 1 N–H and O–H groups in total. The summed E-state index contributed by atoms with van der Waals surface area (Å²) in [7, 11) is 0. The van der Waals surface area contributed by atoms with Gasteiger partial charge in [-0.1, -0.05) is 18.5 Å². The van der Waals surface area contributed by atoms with Crippen LogP contribution in [0, 0.1) is 0 Å². The first kappa shape index (κ1) is 14.2. The maximum absolute atomic E-state index is 12.0. The minimum Gasteiger partial charge on any atom is -0.305 e. The van der Waals surface area contributed by atoms with Gasteiger partial charge >= 0.3 is 0 Å². The fourth-order valence-corrected chi connectivity index (χ4v) is 1.68. The third kappa shape index (κ3) is 3.42. The molecule has 0 aliphatic heterocycles. The van der Waals surface area contributed by atoms with Crippen LogP contribution in [0.1, 0.15) is 23.8 Å². The average molecular weight is 293 g/mol. The molecule has 2 aromatic heterocycles. The van der Waals surface area contributed by atoms with E-state index in [1.54, 1.807) is 12.1 Å². The maximum Gasteiger partial charge on any atom is 0.277 e. The lowest BCUT2D eigenvalue weighted by Crippen LogP contribution is -2.26. The molecule has 1 amide bonds. The molecule has 0 atom stereocenters. The summed E-state index contributed by atoms with van der Waals surface area (Å²) in [5.41, 5.74) is -0.0668. The van der Waals surface area contributed by atoms with Gasteiger partial charge in [0.05, 0.1) is 5.02 Å². The second kappa shape index (κ2) is 6.29. The molecule has 0 fully saturated rings. The fraction of sp³-hybridized carbons (Fsp3) is 0.231. The molecule has 2 aromatic rings. The fourth-order valence-electron chi connectivity index (χ4n) is 1.57. The summed E-state index contributed by atoms with van der Waals surface area (Å²) in [5, 5.41) is 7.09. The number of pyridine rings is 1. The van der Waals surface area contributed by atoms with E-state index in [-0.39, 0.29) is 11.3 Å². The van der Waals surface area contributed by atoms with Gasteiger partial charge in [-0.05, 0) is 24.6 Å². The molecule has 20 heavy (non-hydrogen) atoms. The second-order valence-electron chi connectivity index (χ2n) is 4.10. The molecule has 0 radical (unpaired) electrons. The first-order chi connectivity index (χ1) is 9.60. The summed E-state index contributed by atoms with van der Waals surface area (Å²) in [6, 6.07) is 5.92. The van der Waals surface area contributed by atoms with Crippen molar-refractivity contribution in [2.24, 2.45) is 0 Å². The van der Waals surface area contributed by atoms with Gasteiger partial charge in [0.2, 0.25) is 0 Å². The van der Waals surface area contributed by atoms with E-state index in [9.17, 15) is 9.59 Å². The van der Waals surface area contributed by atoms with Crippen molar-refractivity contribution in [3.8, 4) is 0 Å². The zero-order valence-electron chi connectivity index (χ0n) is 10.8. The third-order valence-electron chi connectivity index (χ3n) is 2.50. The van der Waals surface area contributed by atoms with Crippen LogP contribution in [0.25, 0.3) is 0 Å². The number of halogens is 1. The summed E-state index contributed by atoms with van der Waals surface area (Å²) in [6.45, 7) is 2.40. The van der Waals surface area contributed by atoms with Crippen molar-refractivity contribution in [2.45, 2.75) is 19.9 Å². The Kier molecular flexibility index (Phi) is 4.47. The van der Waals surface area contributed by atoms with Crippen LogP contribution in [0.3, 0.4) is 0 Å². The summed E-state index contributed by atoms with van der Waals surface area (Å²) in [5.74, 6) is -0.0564. The molecule has 104 valence electrons. The van der Waals surface area contributed by atoms with Gasteiger partial charge in [-0.2, -0.15) is 5.10 Å². The van der Waals surface area contributed by atoms with E-state index >= 15 is 0 Å². The molecular formula is C13H13ClN4O2. The first-order valence-corrected chi connectivity index (χ1v) is 6.49. The Hall–Kier alpha value is -2.21. The van der Waals surface area contributed by atoms with Gasteiger partial charge in [0, 0.05) is 18.8 Å². The van der Waals surface area contributed by atoms with Crippen LogP contribution in [0.5, 0.6) is 0 Å². The molecule has 0 bridgehead atoms. The first-order valence-electron chi connectivity index (χ1n) is 6.11. The molecule has 0 saturated carbocycles. The lowest BCUT2D eigenvalue weighted by Gasteiger charge is -2.06. The summed E-state index contributed by atoms with van der Waals surface area (Å²) < 4.78 is 1.27. The number of carbonyl (C=O) groups excluding carboxylic acids is 1. The number of hydrogen-bond acceptors (Lipinski definition) is 4. The highest BCUT2D eigenvalue weighted by Gasteiger charge is 2.10. The third-order valence-corrected chi connectivity index (χ3v) is 2.73. The van der Waals surface area contributed by atoms with Gasteiger partial charge in [-0.25, -0.2) is 9.67 Å². The number of anilines is 1. The van der Waals surface area contributed by atoms with Crippen molar-refractivity contribution < 1.29 is 4.79 Å². The van der Waals surface area contributed by atoms with Crippen LogP contribution in [0.15, 0.2) is 35.3 Å². The van der Waals surface area contributed by atoms with Crippen molar-refractivity contribution in [3.05, 3.63) is 51.5 Å². The smallest absolute Gasteiger partial charge is 0.277 e. The van der Waals surface area contributed by atoms with Crippen molar-refractivity contribution in [2.75, 3.05) is 5.32 Å². The Bertz CT molecular complexity index is 667. The highest BCUT2D eigenvalue weighted by Crippen LogP contribution is 2.10. The minimum absolute atomic E-state index is 0.162. The second-order valence-corrected chi connectivity index (χ2v) is 4.53. The molecule has 0 unspecified atom stereocenters. The number of aryl methyl sites for hydroxylation is 1. The molecule has 0 aromatic carbocycles. The van der Waals surface area contributed by atoms with Gasteiger partial charge < -0.3 is 5.32 Å². The summed E-state index contributed by atoms with van der Waals surface area (Å²) >= 11 is 5.71. The standard InChI is InChI=1S/C13H13ClN4O2/c1-2-7-18-12(19)6-4-10(17-18)13(20)16-11-5-3-9(14)8-15-11/h3-6,8H,2,7H2,1H3,(H,15,16,20). The lowest BCUT2D eigenvalue weighted by atomic mass is 10.3. The van der Waals surface area contributed by atoms with Crippen molar-refractivity contribution in [3.63, 3.8) is 0 Å². The number of rotatable bonds is 4. The Morgan fingerprint density at radius 1 is 1.35 bits per heavy atom. The Morgan fingerprint density at radius 2 is 2.15 bits per heavy atom. The Balaban J connectivity index is 2.18. The predicted octanol–water partition coefficient (Wildman–Crippen LogP) is 1.95. The number of hydrogen-bond donors (Lipinski definition) is 1. The molecular weight excluding hydrogens is 280 g/mol. The number of amides is 1. The van der Waals surface area contributed by atoms with Gasteiger partial charge in [0.15, 0.2) is 0 Å². The van der Waals surface area contributed by atoms with Crippen LogP contribution < -0.4 is 10.9 Å². The normalized spacial score (nSPS) is 10.3. The van der Waals surface area contributed by atoms with Crippen LogP contribution in [-0.2, 0) is 6.54 Å². The van der Waals surface area contributed by atoms with E-state index in [0.717, 1.165) is 6.42 Å². The minimum atomic E-state index is -0.426. The highest BCUT2D eigenvalue weighted by atomic mass is 35.5. The van der Waals surface area contributed by atoms with E-state index in [0.29, 0.717) is 17.4 Å². The van der Waals surface area contributed by atoms with Crippen molar-refractivity contribution in [1.82, 2.24) is 14.8 Å². The summed E-state index contributed by atoms with van der Waals surface area (Å²) in [6.07, 6.45) is 2.19. The van der Waals surface area contributed by atoms with E-state index < -0.39 is 5.91 Å². The van der Waals surface area contributed by atoms with Gasteiger partial charge in [0.25, 0.3) is 11.5 Å². The van der Waals surface area contributed by atoms with E-state index in [4.69, 9.17) is 11.6 Å². The van der Waals surface area contributed by atoms with E-state index in [1.165, 1.54) is 23.0 Å². The van der Waals surface area contributed by atoms with Crippen LogP contribution in [0.4, 0.5) is 5.82 Å². The number of aromatic nitrogens is 3. The van der Waals surface area contributed by atoms with Gasteiger partial charge in [-0.15, -0.1) is 0 Å². The predicted molar refractivity (Wildman–Crippen MR) is 76.0 cm³/mol. The zero-order chi connectivity index (χ0) is 14.5. The SMILES string of the molecule is CCCn1nc(C(=O)Nc2ccc(Cl)cn2)ccc1=O. The molecule has 2 heterocycles. The van der Waals surface area contributed by atoms with E-state index in [1.807, 2.05) is 6.92 Å². The Labute approximate surface area is 120 Å². The molecule has 2 rings (SSSR count). The quantitative estimate of drug-likeness (QED) is 0.934. The molecule has 0 saturated heterocycles. The number of carbonyl (C=O) groups is 1. The summed E-state index contributed by atoms with van der Waals surface area (Å²) in [4.78, 5) is 27.5. The lowest BCUT2D eigenvalue weighted by molar-refractivity contribution is 0.101. The number of nitrogens with one attached hydrogen (secondary N) is 1. The molecule has 6 nitrogen and oxygen atoms in total. The van der Waals surface area contributed by atoms with Gasteiger partial charge in [0.1, 0.15) is 11.5 Å². The van der Waals surface area contributed by atoms with Crippen LogP contribution in [-0.4, -0.2) is 20.7 Å². The number of nitrogens with zero attached hydrogens (tertiary/aromatic N) is 3. The zero-order valence-corrected chi connectivity index (χ0v) is 11.6. The van der Waals surface area contributed by atoms with Crippen molar-refractivity contribution in [1.29, 1.82) is 0 Å².